The minimum atomic E-state index is -0.586. The van der Waals surface area contributed by atoms with Gasteiger partial charge in [0.05, 0.1) is 5.52 Å². The van der Waals surface area contributed by atoms with Gasteiger partial charge in [-0.05, 0) is 36.0 Å². The molecule has 4 rings (SSSR count). The molecule has 1 aromatic heterocycles. The smallest absolute Gasteiger partial charge is 0.0708 e. The molecule has 0 spiro atoms. The van der Waals surface area contributed by atoms with Crippen molar-refractivity contribution >= 4 is 34.7 Å². The Labute approximate surface area is 137 Å². The number of rotatable bonds is 3. The highest BCUT2D eigenvalue weighted by Crippen LogP contribution is 2.34. The Morgan fingerprint density at radius 1 is 0.565 bits per heavy atom. The molecule has 0 amide bonds. The first-order valence-corrected chi connectivity index (χ1v) is 9.01. The van der Waals surface area contributed by atoms with Gasteiger partial charge in [-0.25, -0.2) is 0 Å². The molecule has 0 radical (unpaired) electrons. The highest BCUT2D eigenvalue weighted by atomic mass is 31.1. The summed E-state index contributed by atoms with van der Waals surface area (Å²) in [5.74, 6) is 0. The predicted molar refractivity (Wildman–Crippen MR) is 100 cm³/mol. The van der Waals surface area contributed by atoms with E-state index in [1.165, 1.54) is 21.3 Å². The van der Waals surface area contributed by atoms with E-state index in [2.05, 4.69) is 89.9 Å². The van der Waals surface area contributed by atoms with Crippen molar-refractivity contribution in [3.05, 3.63) is 97.2 Å². The van der Waals surface area contributed by atoms with Crippen molar-refractivity contribution in [2.75, 3.05) is 0 Å². The zero-order valence-corrected chi connectivity index (χ0v) is 13.5. The van der Waals surface area contributed by atoms with Crippen LogP contribution in [-0.4, -0.2) is 4.98 Å². The summed E-state index contributed by atoms with van der Waals surface area (Å²) in [4.78, 5) is 4.52. The van der Waals surface area contributed by atoms with Gasteiger partial charge in [0, 0.05) is 11.6 Å². The van der Waals surface area contributed by atoms with Gasteiger partial charge < -0.3 is 0 Å². The summed E-state index contributed by atoms with van der Waals surface area (Å²) < 4.78 is 0. The van der Waals surface area contributed by atoms with Crippen LogP contribution in [0.1, 0.15) is 0 Å². The second-order valence-electron chi connectivity index (χ2n) is 5.35. The van der Waals surface area contributed by atoms with E-state index in [1.807, 2.05) is 12.3 Å². The van der Waals surface area contributed by atoms with Gasteiger partial charge in [-0.15, -0.1) is 0 Å². The summed E-state index contributed by atoms with van der Waals surface area (Å²) in [6, 6.07) is 32.1. The minimum Gasteiger partial charge on any atom is -0.256 e. The maximum atomic E-state index is 4.52. The lowest BCUT2D eigenvalue weighted by atomic mass is 10.2. The normalized spacial score (nSPS) is 11.0. The molecule has 0 saturated carbocycles. The number of hydrogen-bond acceptors (Lipinski definition) is 1. The number of para-hydroxylation sites is 1. The maximum Gasteiger partial charge on any atom is 0.0708 e. The molecule has 1 heterocycles. The summed E-state index contributed by atoms with van der Waals surface area (Å²) in [6.07, 6.45) is 1.93. The average molecular weight is 313 g/mol. The Morgan fingerprint density at radius 3 is 1.78 bits per heavy atom. The van der Waals surface area contributed by atoms with Crippen molar-refractivity contribution in [3.63, 3.8) is 0 Å². The highest BCUT2D eigenvalue weighted by molar-refractivity contribution is 7.80. The Morgan fingerprint density at radius 2 is 1.13 bits per heavy atom. The van der Waals surface area contributed by atoms with Crippen LogP contribution in [0.5, 0.6) is 0 Å². The van der Waals surface area contributed by atoms with Crippen molar-refractivity contribution < 1.29 is 0 Å². The number of aromatic nitrogens is 1. The van der Waals surface area contributed by atoms with E-state index in [1.54, 1.807) is 0 Å². The Kier molecular flexibility index (Phi) is 3.88. The standard InChI is InChI=1S/C21H16NP/c1-3-9-17(10-4-1)23(18-11-5-2-6-12-18)21-15-16-22-20-14-8-7-13-19(20)21/h1-16H. The van der Waals surface area contributed by atoms with Gasteiger partial charge in [0.2, 0.25) is 0 Å². The Balaban J connectivity index is 1.98. The lowest BCUT2D eigenvalue weighted by Gasteiger charge is -2.20. The molecule has 0 bridgehead atoms. The molecule has 0 fully saturated rings. The van der Waals surface area contributed by atoms with Crippen LogP contribution in [0, 0.1) is 0 Å². The fourth-order valence-electron chi connectivity index (χ4n) is 2.86. The predicted octanol–water partition coefficient (Wildman–Crippen LogP) is 3.99. The molecule has 3 aromatic carbocycles. The fraction of sp³-hybridized carbons (Fsp3) is 0. The molecule has 0 N–H and O–H groups in total. The molecule has 1 nitrogen and oxygen atoms in total. The lowest BCUT2D eigenvalue weighted by molar-refractivity contribution is 1.42. The Hall–Kier alpha value is -2.50. The third-order valence-corrected chi connectivity index (χ3v) is 6.40. The highest BCUT2D eigenvalue weighted by Gasteiger charge is 2.18. The largest absolute Gasteiger partial charge is 0.256 e. The molecule has 4 aromatic rings. The number of benzene rings is 3. The summed E-state index contributed by atoms with van der Waals surface area (Å²) in [5, 5.41) is 5.34. The van der Waals surface area contributed by atoms with E-state index in [0.29, 0.717) is 0 Å². The van der Waals surface area contributed by atoms with Crippen molar-refractivity contribution in [2.45, 2.75) is 0 Å². The molecule has 0 saturated heterocycles. The van der Waals surface area contributed by atoms with Gasteiger partial charge in [-0.1, -0.05) is 78.9 Å². The third-order valence-electron chi connectivity index (χ3n) is 3.90. The van der Waals surface area contributed by atoms with Gasteiger partial charge >= 0.3 is 0 Å². The maximum absolute atomic E-state index is 4.52. The number of fused-ring (bicyclic) bond motifs is 1. The van der Waals surface area contributed by atoms with Crippen LogP contribution < -0.4 is 15.9 Å². The average Bonchev–Trinajstić information content (AvgIpc) is 2.64. The van der Waals surface area contributed by atoms with Gasteiger partial charge in [-0.3, -0.25) is 4.98 Å². The monoisotopic (exact) mass is 313 g/mol. The van der Waals surface area contributed by atoms with Crippen molar-refractivity contribution in [1.82, 2.24) is 4.98 Å². The summed E-state index contributed by atoms with van der Waals surface area (Å²) in [7, 11) is -0.586. The molecule has 23 heavy (non-hydrogen) atoms. The van der Waals surface area contributed by atoms with E-state index >= 15 is 0 Å². The molecule has 0 aliphatic rings. The summed E-state index contributed by atoms with van der Waals surface area (Å²) in [5.41, 5.74) is 1.06. The number of hydrogen-bond donors (Lipinski definition) is 0. The van der Waals surface area contributed by atoms with E-state index < -0.39 is 7.92 Å². The molecular weight excluding hydrogens is 297 g/mol. The van der Waals surface area contributed by atoms with Gasteiger partial charge in [0.1, 0.15) is 0 Å². The van der Waals surface area contributed by atoms with Crippen LogP contribution >= 0.6 is 7.92 Å². The molecule has 110 valence electrons. The van der Waals surface area contributed by atoms with Gasteiger partial charge in [-0.2, -0.15) is 0 Å². The number of nitrogens with zero attached hydrogens (tertiary/aromatic N) is 1. The zero-order chi connectivity index (χ0) is 15.5. The van der Waals surface area contributed by atoms with Crippen molar-refractivity contribution in [3.8, 4) is 0 Å². The second kappa shape index (κ2) is 6.32. The first kappa shape index (κ1) is 14.1. The second-order valence-corrected chi connectivity index (χ2v) is 7.54. The van der Waals surface area contributed by atoms with E-state index in [0.717, 1.165) is 5.52 Å². The van der Waals surface area contributed by atoms with Crippen LogP contribution in [0.2, 0.25) is 0 Å². The lowest BCUT2D eigenvalue weighted by Crippen LogP contribution is -2.21. The topological polar surface area (TPSA) is 12.9 Å². The SMILES string of the molecule is c1ccc(P(c2ccccc2)c2ccnc3ccccc23)cc1. The van der Waals surface area contributed by atoms with E-state index in [9.17, 15) is 0 Å². The summed E-state index contributed by atoms with van der Waals surface area (Å²) >= 11 is 0. The molecule has 0 aliphatic carbocycles. The molecule has 0 aliphatic heterocycles. The van der Waals surface area contributed by atoms with E-state index in [-0.39, 0.29) is 0 Å². The van der Waals surface area contributed by atoms with Gasteiger partial charge in [0.15, 0.2) is 0 Å². The minimum absolute atomic E-state index is 0.586. The molecule has 0 unspecified atom stereocenters. The molecule has 0 atom stereocenters. The molecular formula is C21H16NP. The number of pyridine rings is 1. The summed E-state index contributed by atoms with van der Waals surface area (Å²) in [6.45, 7) is 0. The van der Waals surface area contributed by atoms with Crippen LogP contribution in [0.15, 0.2) is 97.2 Å². The van der Waals surface area contributed by atoms with Crippen LogP contribution in [0.4, 0.5) is 0 Å². The van der Waals surface area contributed by atoms with Crippen molar-refractivity contribution in [2.24, 2.45) is 0 Å². The van der Waals surface area contributed by atoms with Crippen molar-refractivity contribution in [1.29, 1.82) is 0 Å². The molecule has 2 heteroatoms. The first-order chi connectivity index (χ1) is 11.4. The Bertz CT molecular complexity index is 875. The van der Waals surface area contributed by atoms with Crippen LogP contribution in [0.25, 0.3) is 10.9 Å². The third kappa shape index (κ3) is 2.76. The van der Waals surface area contributed by atoms with Crippen LogP contribution in [0.3, 0.4) is 0 Å². The fourth-order valence-corrected chi connectivity index (χ4v) is 5.30. The zero-order valence-electron chi connectivity index (χ0n) is 12.6. The van der Waals surface area contributed by atoms with E-state index in [4.69, 9.17) is 0 Å². The van der Waals surface area contributed by atoms with Gasteiger partial charge in [0.25, 0.3) is 0 Å². The van der Waals surface area contributed by atoms with Crippen LogP contribution in [-0.2, 0) is 0 Å². The first-order valence-electron chi connectivity index (χ1n) is 7.67. The quantitative estimate of drug-likeness (QED) is 0.521.